The molecule has 2 N–H and O–H groups in total. The van der Waals surface area contributed by atoms with Crippen LogP contribution in [0.2, 0.25) is 5.02 Å². The molecule has 27 heavy (non-hydrogen) atoms. The Balaban J connectivity index is 1.66. The van der Waals surface area contributed by atoms with Crippen molar-refractivity contribution >= 4 is 45.4 Å². The summed E-state index contributed by atoms with van der Waals surface area (Å²) in [7, 11) is 0. The summed E-state index contributed by atoms with van der Waals surface area (Å²) in [4.78, 5) is 38.3. The van der Waals surface area contributed by atoms with Gasteiger partial charge in [-0.15, -0.1) is 0 Å². The molecule has 4 amide bonds. The molecule has 0 aliphatic carbocycles. The number of imide groups is 1. The van der Waals surface area contributed by atoms with Gasteiger partial charge in [0.1, 0.15) is 12.1 Å². The van der Waals surface area contributed by atoms with Crippen LogP contribution in [0.5, 0.6) is 0 Å². The topological polar surface area (TPSA) is 78.5 Å². The standard InChI is InChI=1S/C19H17BrClN3O3/c1-19(13-3-2-4-14(20)9-13)17(26)24(18(27)23-19)11-16(25)22-10-12-5-7-15(21)8-6-12/h2-9H,10-11H2,1H3,(H,22,25)(H,23,27). The summed E-state index contributed by atoms with van der Waals surface area (Å²) in [5.74, 6) is -0.890. The SMILES string of the molecule is CC1(c2cccc(Br)c2)NC(=O)N(CC(=O)NCc2ccc(Cl)cc2)C1=O. The van der Waals surface area contributed by atoms with Gasteiger partial charge in [0.25, 0.3) is 5.91 Å². The maximum absolute atomic E-state index is 12.8. The van der Waals surface area contributed by atoms with Crippen LogP contribution in [0, 0.1) is 0 Å². The van der Waals surface area contributed by atoms with Gasteiger partial charge in [0.05, 0.1) is 0 Å². The fraction of sp³-hybridized carbons (Fsp3) is 0.211. The number of carbonyl (C=O) groups is 3. The Morgan fingerprint density at radius 2 is 1.93 bits per heavy atom. The van der Waals surface area contributed by atoms with Crippen molar-refractivity contribution in [3.05, 3.63) is 69.2 Å². The maximum atomic E-state index is 12.8. The number of nitrogens with one attached hydrogen (secondary N) is 2. The van der Waals surface area contributed by atoms with Crippen LogP contribution in [0.15, 0.2) is 53.0 Å². The van der Waals surface area contributed by atoms with Gasteiger partial charge in [-0.3, -0.25) is 14.5 Å². The molecule has 1 saturated heterocycles. The van der Waals surface area contributed by atoms with Crippen molar-refractivity contribution in [1.29, 1.82) is 0 Å². The van der Waals surface area contributed by atoms with Gasteiger partial charge in [-0.25, -0.2) is 4.79 Å². The van der Waals surface area contributed by atoms with E-state index in [-0.39, 0.29) is 13.1 Å². The Kier molecular flexibility index (Phi) is 5.53. The molecule has 0 bridgehead atoms. The Morgan fingerprint density at radius 3 is 2.59 bits per heavy atom. The van der Waals surface area contributed by atoms with E-state index < -0.39 is 23.4 Å². The molecular formula is C19H17BrClN3O3. The Hall–Kier alpha value is -2.38. The Morgan fingerprint density at radius 1 is 1.22 bits per heavy atom. The van der Waals surface area contributed by atoms with Crippen LogP contribution >= 0.6 is 27.5 Å². The van der Waals surface area contributed by atoms with Crippen LogP contribution in [0.1, 0.15) is 18.1 Å². The Labute approximate surface area is 170 Å². The van der Waals surface area contributed by atoms with Crippen molar-refractivity contribution in [2.75, 3.05) is 6.54 Å². The van der Waals surface area contributed by atoms with Crippen LogP contribution in [-0.2, 0) is 21.7 Å². The first-order valence-electron chi connectivity index (χ1n) is 8.21. The van der Waals surface area contributed by atoms with Crippen LogP contribution in [0.4, 0.5) is 4.79 Å². The van der Waals surface area contributed by atoms with Crippen molar-refractivity contribution in [2.45, 2.75) is 19.0 Å². The number of rotatable bonds is 5. The number of hydrogen-bond acceptors (Lipinski definition) is 3. The number of urea groups is 1. The van der Waals surface area contributed by atoms with Crippen molar-refractivity contribution in [3.63, 3.8) is 0 Å². The van der Waals surface area contributed by atoms with Gasteiger partial charge in [-0.2, -0.15) is 0 Å². The van der Waals surface area contributed by atoms with E-state index in [4.69, 9.17) is 11.6 Å². The average molecular weight is 451 g/mol. The largest absolute Gasteiger partial charge is 0.350 e. The lowest BCUT2D eigenvalue weighted by atomic mass is 9.92. The summed E-state index contributed by atoms with van der Waals surface area (Å²) in [5.41, 5.74) is 0.292. The van der Waals surface area contributed by atoms with Crippen LogP contribution in [0.3, 0.4) is 0 Å². The van der Waals surface area contributed by atoms with Gasteiger partial charge in [-0.1, -0.05) is 51.8 Å². The minimum atomic E-state index is -1.21. The van der Waals surface area contributed by atoms with Crippen molar-refractivity contribution in [3.8, 4) is 0 Å². The lowest BCUT2D eigenvalue weighted by molar-refractivity contribution is -0.134. The van der Waals surface area contributed by atoms with E-state index in [1.54, 1.807) is 49.4 Å². The predicted molar refractivity (Wildman–Crippen MR) is 105 cm³/mol. The van der Waals surface area contributed by atoms with E-state index in [1.165, 1.54) is 0 Å². The molecule has 0 spiro atoms. The second-order valence-electron chi connectivity index (χ2n) is 6.36. The number of benzene rings is 2. The normalized spacial score (nSPS) is 19.1. The highest BCUT2D eigenvalue weighted by Gasteiger charge is 2.49. The molecule has 3 rings (SSSR count). The van der Waals surface area contributed by atoms with Crippen molar-refractivity contribution in [1.82, 2.24) is 15.5 Å². The average Bonchev–Trinajstić information content (AvgIpc) is 2.85. The monoisotopic (exact) mass is 449 g/mol. The fourth-order valence-corrected chi connectivity index (χ4v) is 3.36. The molecule has 0 radical (unpaired) electrons. The molecule has 1 aliphatic heterocycles. The van der Waals surface area contributed by atoms with Crippen LogP contribution in [-0.4, -0.2) is 29.3 Å². The van der Waals surface area contributed by atoms with Crippen LogP contribution in [0.25, 0.3) is 0 Å². The molecule has 1 atom stereocenters. The third kappa shape index (κ3) is 4.14. The highest BCUT2D eigenvalue weighted by molar-refractivity contribution is 9.10. The highest BCUT2D eigenvalue weighted by Crippen LogP contribution is 2.30. The molecule has 1 unspecified atom stereocenters. The van der Waals surface area contributed by atoms with Gasteiger partial charge in [-0.05, 0) is 42.3 Å². The zero-order valence-corrected chi connectivity index (χ0v) is 16.8. The van der Waals surface area contributed by atoms with E-state index in [2.05, 4.69) is 26.6 Å². The third-order valence-electron chi connectivity index (χ3n) is 4.38. The first kappa shape index (κ1) is 19.4. The first-order valence-corrected chi connectivity index (χ1v) is 9.38. The van der Waals surface area contributed by atoms with E-state index in [9.17, 15) is 14.4 Å². The van der Waals surface area contributed by atoms with Gasteiger partial charge < -0.3 is 10.6 Å². The van der Waals surface area contributed by atoms with Crippen LogP contribution < -0.4 is 10.6 Å². The minimum Gasteiger partial charge on any atom is -0.350 e. The smallest absolute Gasteiger partial charge is 0.325 e. The van der Waals surface area contributed by atoms with Crippen molar-refractivity contribution < 1.29 is 14.4 Å². The first-order chi connectivity index (χ1) is 12.8. The van der Waals surface area contributed by atoms with Gasteiger partial charge >= 0.3 is 6.03 Å². The maximum Gasteiger partial charge on any atom is 0.325 e. The van der Waals surface area contributed by atoms with E-state index in [0.717, 1.165) is 14.9 Å². The summed E-state index contributed by atoms with van der Waals surface area (Å²) in [5, 5.41) is 5.99. The zero-order chi connectivity index (χ0) is 19.6. The molecule has 140 valence electrons. The molecular weight excluding hydrogens is 434 g/mol. The zero-order valence-electron chi connectivity index (χ0n) is 14.5. The number of carbonyl (C=O) groups excluding carboxylic acids is 3. The second-order valence-corrected chi connectivity index (χ2v) is 7.71. The molecule has 1 fully saturated rings. The van der Waals surface area contributed by atoms with E-state index >= 15 is 0 Å². The van der Waals surface area contributed by atoms with Gasteiger partial charge in [0, 0.05) is 16.0 Å². The van der Waals surface area contributed by atoms with Crippen molar-refractivity contribution in [2.24, 2.45) is 0 Å². The molecule has 6 nitrogen and oxygen atoms in total. The number of halogens is 2. The van der Waals surface area contributed by atoms with E-state index in [0.29, 0.717) is 10.6 Å². The fourth-order valence-electron chi connectivity index (χ4n) is 2.84. The molecule has 0 saturated carbocycles. The highest BCUT2D eigenvalue weighted by atomic mass is 79.9. The van der Waals surface area contributed by atoms with E-state index in [1.807, 2.05) is 6.07 Å². The summed E-state index contributed by atoms with van der Waals surface area (Å²) >= 11 is 9.19. The lowest BCUT2D eigenvalue weighted by Gasteiger charge is -2.22. The van der Waals surface area contributed by atoms with Gasteiger partial charge in [0.15, 0.2) is 0 Å². The van der Waals surface area contributed by atoms with Gasteiger partial charge in [0.2, 0.25) is 5.91 Å². The number of hydrogen-bond donors (Lipinski definition) is 2. The Bertz CT molecular complexity index is 903. The summed E-state index contributed by atoms with van der Waals surface area (Å²) < 4.78 is 0.794. The second kappa shape index (κ2) is 7.70. The molecule has 1 aliphatic rings. The number of nitrogens with zero attached hydrogens (tertiary/aromatic N) is 1. The lowest BCUT2D eigenvalue weighted by Crippen LogP contribution is -2.43. The summed E-state index contributed by atoms with van der Waals surface area (Å²) in [6.45, 7) is 1.56. The molecule has 2 aromatic rings. The molecule has 8 heteroatoms. The molecule has 0 aromatic heterocycles. The summed E-state index contributed by atoms with van der Waals surface area (Å²) in [6, 6.07) is 13.6. The minimum absolute atomic E-state index is 0.280. The molecule has 1 heterocycles. The number of amides is 4. The predicted octanol–water partition coefficient (Wildman–Crippen LogP) is 3.19. The molecule has 2 aromatic carbocycles. The summed E-state index contributed by atoms with van der Waals surface area (Å²) in [6.07, 6.45) is 0. The quantitative estimate of drug-likeness (QED) is 0.687. The third-order valence-corrected chi connectivity index (χ3v) is 5.13.